The smallest absolute Gasteiger partial charge is 0.265 e. The van der Waals surface area contributed by atoms with Gasteiger partial charge < -0.3 is 10.1 Å². The Morgan fingerprint density at radius 1 is 1.18 bits per heavy atom. The minimum atomic E-state index is -0.245. The summed E-state index contributed by atoms with van der Waals surface area (Å²) in [6.45, 7) is 1.82. The summed E-state index contributed by atoms with van der Waals surface area (Å²) in [7, 11) is 0. The van der Waals surface area contributed by atoms with Gasteiger partial charge in [-0.2, -0.15) is 0 Å². The normalized spacial score (nSPS) is 13.3. The molecule has 0 aliphatic carbocycles. The Kier molecular flexibility index (Phi) is 3.78. The number of carbonyl (C=O) groups is 2. The van der Waals surface area contributed by atoms with Crippen LogP contribution in [0.5, 0.6) is 5.75 Å². The summed E-state index contributed by atoms with van der Waals surface area (Å²) in [4.78, 5) is 25.6. The minimum Gasteiger partial charge on any atom is -0.483 e. The van der Waals surface area contributed by atoms with Crippen molar-refractivity contribution in [2.24, 2.45) is 0 Å². The zero-order valence-electron chi connectivity index (χ0n) is 12.2. The number of carbonyl (C=O) groups excluding carboxylic acids is 2. The molecule has 0 fully saturated rings. The van der Waals surface area contributed by atoms with Crippen molar-refractivity contribution in [3.63, 3.8) is 0 Å². The molecule has 0 spiro atoms. The molecular weight excluding hydrogens is 280 g/mol. The highest BCUT2D eigenvalue weighted by atomic mass is 16.5. The molecule has 0 unspecified atom stereocenters. The van der Waals surface area contributed by atoms with Crippen LogP contribution in [0.25, 0.3) is 0 Å². The van der Waals surface area contributed by atoms with Crippen LogP contribution in [0.15, 0.2) is 48.5 Å². The van der Waals surface area contributed by atoms with Gasteiger partial charge in [-0.15, -0.1) is 0 Å². The van der Waals surface area contributed by atoms with Gasteiger partial charge in [0.15, 0.2) is 6.61 Å². The first-order chi connectivity index (χ1) is 10.6. The van der Waals surface area contributed by atoms with E-state index in [1.165, 1.54) is 4.90 Å². The Morgan fingerprint density at radius 3 is 2.73 bits per heavy atom. The summed E-state index contributed by atoms with van der Waals surface area (Å²) in [5.74, 6) is 0.221. The molecule has 1 N–H and O–H groups in total. The Hall–Kier alpha value is -2.82. The van der Waals surface area contributed by atoms with Crippen LogP contribution in [-0.4, -0.2) is 25.0 Å². The van der Waals surface area contributed by atoms with E-state index in [0.29, 0.717) is 17.1 Å². The number of rotatable bonds is 3. The molecule has 5 heteroatoms. The quantitative estimate of drug-likeness (QED) is 0.946. The molecule has 0 saturated heterocycles. The van der Waals surface area contributed by atoms with Crippen LogP contribution < -0.4 is 15.0 Å². The van der Waals surface area contributed by atoms with Crippen LogP contribution in [0.3, 0.4) is 0 Å². The minimum absolute atomic E-state index is 0.00692. The van der Waals surface area contributed by atoms with Gasteiger partial charge in [-0.25, -0.2) is 0 Å². The molecule has 0 atom stereocenters. The predicted octanol–water partition coefficient (Wildman–Crippen LogP) is 2.36. The van der Waals surface area contributed by atoms with Gasteiger partial charge in [0.05, 0.1) is 11.4 Å². The van der Waals surface area contributed by atoms with E-state index in [4.69, 9.17) is 4.74 Å². The van der Waals surface area contributed by atoms with Gasteiger partial charge in [0.25, 0.3) is 5.91 Å². The number of nitrogens with one attached hydrogen (secondary N) is 1. The van der Waals surface area contributed by atoms with Gasteiger partial charge in [-0.3, -0.25) is 14.5 Å². The second kappa shape index (κ2) is 5.89. The van der Waals surface area contributed by atoms with Crippen LogP contribution in [0.1, 0.15) is 5.56 Å². The zero-order chi connectivity index (χ0) is 15.5. The van der Waals surface area contributed by atoms with Crippen molar-refractivity contribution >= 4 is 23.2 Å². The molecule has 5 nitrogen and oxygen atoms in total. The third-order valence-electron chi connectivity index (χ3n) is 3.52. The molecule has 2 aromatic carbocycles. The third kappa shape index (κ3) is 2.79. The van der Waals surface area contributed by atoms with Gasteiger partial charge >= 0.3 is 0 Å². The summed E-state index contributed by atoms with van der Waals surface area (Å²) < 4.78 is 5.58. The fourth-order valence-corrected chi connectivity index (χ4v) is 2.39. The van der Waals surface area contributed by atoms with Gasteiger partial charge in [0.1, 0.15) is 12.3 Å². The van der Waals surface area contributed by atoms with Crippen molar-refractivity contribution in [1.82, 2.24) is 0 Å². The van der Waals surface area contributed by atoms with Crippen molar-refractivity contribution in [1.29, 1.82) is 0 Å². The average Bonchev–Trinajstić information content (AvgIpc) is 2.53. The van der Waals surface area contributed by atoms with E-state index >= 15 is 0 Å². The highest BCUT2D eigenvalue weighted by Gasteiger charge is 2.26. The summed E-state index contributed by atoms with van der Waals surface area (Å²) >= 11 is 0. The molecular formula is C17H16N2O3. The van der Waals surface area contributed by atoms with Gasteiger partial charge in [-0.1, -0.05) is 30.3 Å². The van der Waals surface area contributed by atoms with E-state index in [9.17, 15) is 9.59 Å². The largest absolute Gasteiger partial charge is 0.483 e. The number of aryl methyl sites for hydroxylation is 1. The first-order valence-electron chi connectivity index (χ1n) is 7.03. The zero-order valence-corrected chi connectivity index (χ0v) is 12.2. The Bertz CT molecular complexity index is 727. The van der Waals surface area contributed by atoms with Crippen molar-refractivity contribution < 1.29 is 14.3 Å². The molecule has 0 radical (unpaired) electrons. The van der Waals surface area contributed by atoms with E-state index < -0.39 is 0 Å². The lowest BCUT2D eigenvalue weighted by Crippen LogP contribution is -2.44. The second-order valence-electron chi connectivity index (χ2n) is 5.10. The summed E-state index contributed by atoms with van der Waals surface area (Å²) in [6.07, 6.45) is 0. The maximum Gasteiger partial charge on any atom is 0.265 e. The summed E-state index contributed by atoms with van der Waals surface area (Å²) in [5.41, 5.74) is 2.30. The molecule has 2 amide bonds. The molecule has 2 aromatic rings. The number of benzene rings is 2. The lowest BCUT2D eigenvalue weighted by molar-refractivity contribution is -0.123. The molecule has 0 bridgehead atoms. The number of anilines is 2. The molecule has 1 aliphatic rings. The monoisotopic (exact) mass is 296 g/mol. The lowest BCUT2D eigenvalue weighted by atomic mass is 10.2. The van der Waals surface area contributed by atoms with E-state index in [0.717, 1.165) is 5.56 Å². The van der Waals surface area contributed by atoms with Crippen molar-refractivity contribution in [2.75, 3.05) is 23.4 Å². The second-order valence-corrected chi connectivity index (χ2v) is 5.10. The van der Waals surface area contributed by atoms with Gasteiger partial charge in [0.2, 0.25) is 5.91 Å². The standard InChI is InChI=1S/C17H16N2O3/c1-12-6-2-5-9-15(12)22-11-17(21)19-10-16(20)18-13-7-3-4-8-14(13)19/h2-9H,10-11H2,1H3,(H,18,20). The topological polar surface area (TPSA) is 58.6 Å². The first kappa shape index (κ1) is 14.1. The van der Waals surface area contributed by atoms with E-state index in [1.807, 2.05) is 43.3 Å². The highest BCUT2D eigenvalue weighted by molar-refractivity contribution is 6.10. The molecule has 112 valence electrons. The van der Waals surface area contributed by atoms with Gasteiger partial charge in [0, 0.05) is 0 Å². The summed E-state index contributed by atoms with van der Waals surface area (Å²) in [6, 6.07) is 14.7. The number of para-hydroxylation sites is 3. The number of nitrogens with zero attached hydrogens (tertiary/aromatic N) is 1. The van der Waals surface area contributed by atoms with Crippen LogP contribution in [-0.2, 0) is 9.59 Å². The number of amides is 2. The fourth-order valence-electron chi connectivity index (χ4n) is 2.39. The molecule has 3 rings (SSSR count). The number of hydrogen-bond acceptors (Lipinski definition) is 3. The third-order valence-corrected chi connectivity index (χ3v) is 3.52. The molecule has 0 aromatic heterocycles. The molecule has 0 saturated carbocycles. The number of ether oxygens (including phenoxy) is 1. The highest BCUT2D eigenvalue weighted by Crippen LogP contribution is 2.29. The van der Waals surface area contributed by atoms with Crippen LogP contribution in [0.4, 0.5) is 11.4 Å². The maximum absolute atomic E-state index is 12.4. The first-order valence-corrected chi connectivity index (χ1v) is 7.03. The predicted molar refractivity (Wildman–Crippen MR) is 84.1 cm³/mol. The van der Waals surface area contributed by atoms with E-state index in [1.54, 1.807) is 12.1 Å². The van der Waals surface area contributed by atoms with Gasteiger partial charge in [-0.05, 0) is 30.7 Å². The van der Waals surface area contributed by atoms with E-state index in [2.05, 4.69) is 5.32 Å². The number of hydrogen-bond donors (Lipinski definition) is 1. The van der Waals surface area contributed by atoms with Crippen LogP contribution in [0.2, 0.25) is 0 Å². The van der Waals surface area contributed by atoms with Crippen LogP contribution in [0, 0.1) is 6.92 Å². The van der Waals surface area contributed by atoms with E-state index in [-0.39, 0.29) is 25.0 Å². The Morgan fingerprint density at radius 2 is 1.91 bits per heavy atom. The Labute approximate surface area is 128 Å². The SMILES string of the molecule is Cc1ccccc1OCC(=O)N1CC(=O)Nc2ccccc21. The lowest BCUT2D eigenvalue weighted by Gasteiger charge is -2.29. The van der Waals surface area contributed by atoms with Crippen molar-refractivity contribution in [3.05, 3.63) is 54.1 Å². The molecule has 1 aliphatic heterocycles. The molecule has 22 heavy (non-hydrogen) atoms. The fraction of sp³-hybridized carbons (Fsp3) is 0.176. The van der Waals surface area contributed by atoms with Crippen LogP contribution >= 0.6 is 0 Å². The summed E-state index contributed by atoms with van der Waals surface area (Å²) in [5, 5.41) is 2.75. The van der Waals surface area contributed by atoms with Crippen molar-refractivity contribution in [3.8, 4) is 5.75 Å². The number of fused-ring (bicyclic) bond motifs is 1. The van der Waals surface area contributed by atoms with Crippen molar-refractivity contribution in [2.45, 2.75) is 6.92 Å². The Balaban J connectivity index is 1.75. The average molecular weight is 296 g/mol. The molecule has 1 heterocycles. The maximum atomic E-state index is 12.4.